The second-order valence-corrected chi connectivity index (χ2v) is 7.28. The third-order valence-electron chi connectivity index (χ3n) is 4.80. The van der Waals surface area contributed by atoms with Gasteiger partial charge in [-0.15, -0.1) is 0 Å². The van der Waals surface area contributed by atoms with E-state index in [-0.39, 0.29) is 24.0 Å². The van der Waals surface area contributed by atoms with Gasteiger partial charge >= 0.3 is 6.61 Å². The van der Waals surface area contributed by atoms with Crippen molar-refractivity contribution in [1.82, 2.24) is 0 Å². The lowest BCUT2D eigenvalue weighted by atomic mass is 10.1. The average molecular weight is 497 g/mol. The van der Waals surface area contributed by atoms with Crippen molar-refractivity contribution in [1.29, 1.82) is 0 Å². The normalized spacial score (nSPS) is 10.8. The molecule has 0 fully saturated rings. The summed E-state index contributed by atoms with van der Waals surface area (Å²) in [4.78, 5) is 24.8. The van der Waals surface area contributed by atoms with Crippen LogP contribution < -0.4 is 24.3 Å². The maximum absolute atomic E-state index is 12.4. The fourth-order valence-electron chi connectivity index (χ4n) is 3.16. The molecule has 3 rings (SSSR count). The summed E-state index contributed by atoms with van der Waals surface area (Å²) in [5.41, 5.74) is 1.51. The Labute approximate surface area is 207 Å². The van der Waals surface area contributed by atoms with Gasteiger partial charge in [-0.25, -0.2) is 0 Å². The van der Waals surface area contributed by atoms with E-state index in [0.29, 0.717) is 40.7 Å². The van der Waals surface area contributed by atoms with Crippen LogP contribution in [0, 0.1) is 0 Å². The second-order valence-electron chi connectivity index (χ2n) is 7.28. The SMILES string of the molecule is CCOc1cc(/C=C/C(=O)c2ccc(OC(F)F)cc2)ccc1OCC(=O)Nc1ccccc1OC. The van der Waals surface area contributed by atoms with Gasteiger partial charge < -0.3 is 24.3 Å². The van der Waals surface area contributed by atoms with Crippen molar-refractivity contribution in [2.75, 3.05) is 25.6 Å². The van der Waals surface area contributed by atoms with Crippen LogP contribution in [0.15, 0.2) is 72.8 Å². The first-order valence-electron chi connectivity index (χ1n) is 11.0. The third kappa shape index (κ3) is 7.56. The third-order valence-corrected chi connectivity index (χ3v) is 4.80. The van der Waals surface area contributed by atoms with Gasteiger partial charge in [-0.3, -0.25) is 9.59 Å². The first-order valence-corrected chi connectivity index (χ1v) is 11.0. The van der Waals surface area contributed by atoms with Crippen molar-refractivity contribution in [3.05, 3.63) is 83.9 Å². The smallest absolute Gasteiger partial charge is 0.387 e. The highest BCUT2D eigenvalue weighted by Crippen LogP contribution is 2.29. The van der Waals surface area contributed by atoms with Crippen LogP contribution in [0.3, 0.4) is 0 Å². The zero-order chi connectivity index (χ0) is 25.9. The Morgan fingerprint density at radius 3 is 2.39 bits per heavy atom. The number of hydrogen-bond donors (Lipinski definition) is 1. The van der Waals surface area contributed by atoms with Crippen LogP contribution in [0.5, 0.6) is 23.0 Å². The van der Waals surface area contributed by atoms with E-state index in [4.69, 9.17) is 14.2 Å². The van der Waals surface area contributed by atoms with Crippen LogP contribution in [0.2, 0.25) is 0 Å². The summed E-state index contributed by atoms with van der Waals surface area (Å²) in [6.45, 7) is -1.01. The lowest BCUT2D eigenvalue weighted by Crippen LogP contribution is -2.20. The standard InChI is InChI=1S/C27H25F2NO6/c1-3-34-25-16-18(8-14-22(31)19-10-12-20(13-11-19)36-27(28)29)9-15-24(25)35-17-26(32)30-21-6-4-5-7-23(21)33-2/h4-16,27H,3,17H2,1-2H3,(H,30,32)/b14-8+. The van der Waals surface area contributed by atoms with E-state index in [1.807, 2.05) is 6.92 Å². The van der Waals surface area contributed by atoms with Gasteiger partial charge in [0.25, 0.3) is 5.91 Å². The van der Waals surface area contributed by atoms with Gasteiger partial charge in [0.15, 0.2) is 23.9 Å². The van der Waals surface area contributed by atoms with Crippen LogP contribution in [-0.4, -0.2) is 38.6 Å². The van der Waals surface area contributed by atoms with Gasteiger partial charge in [0.1, 0.15) is 11.5 Å². The number of rotatable bonds is 12. The van der Waals surface area contributed by atoms with Gasteiger partial charge in [0.2, 0.25) is 0 Å². The van der Waals surface area contributed by atoms with Gasteiger partial charge in [-0.05, 0) is 67.1 Å². The highest BCUT2D eigenvalue weighted by molar-refractivity contribution is 6.06. The van der Waals surface area contributed by atoms with Crippen LogP contribution in [0.4, 0.5) is 14.5 Å². The van der Waals surface area contributed by atoms with E-state index in [0.717, 1.165) is 0 Å². The summed E-state index contributed by atoms with van der Waals surface area (Å²) in [6.07, 6.45) is 2.95. The van der Waals surface area contributed by atoms with E-state index in [1.54, 1.807) is 48.5 Å². The molecule has 0 atom stereocenters. The Hall–Kier alpha value is -4.40. The molecule has 0 heterocycles. The van der Waals surface area contributed by atoms with Gasteiger partial charge in [0.05, 0.1) is 19.4 Å². The molecule has 0 bridgehead atoms. The minimum Gasteiger partial charge on any atom is -0.495 e. The van der Waals surface area contributed by atoms with Crippen LogP contribution in [0.25, 0.3) is 6.08 Å². The minimum atomic E-state index is -2.93. The number of ketones is 1. The van der Waals surface area contributed by atoms with Crippen molar-refractivity contribution in [2.45, 2.75) is 13.5 Å². The van der Waals surface area contributed by atoms with Crippen molar-refractivity contribution in [3.8, 4) is 23.0 Å². The minimum absolute atomic E-state index is 0.0286. The Morgan fingerprint density at radius 1 is 0.944 bits per heavy atom. The molecule has 0 radical (unpaired) electrons. The summed E-state index contributed by atoms with van der Waals surface area (Å²) in [6, 6.07) is 17.5. The number of para-hydroxylation sites is 2. The van der Waals surface area contributed by atoms with Crippen molar-refractivity contribution >= 4 is 23.5 Å². The number of carbonyl (C=O) groups is 2. The lowest BCUT2D eigenvalue weighted by molar-refractivity contribution is -0.118. The molecule has 188 valence electrons. The average Bonchev–Trinajstić information content (AvgIpc) is 2.87. The van der Waals surface area contributed by atoms with E-state index in [1.165, 1.54) is 37.5 Å². The highest BCUT2D eigenvalue weighted by atomic mass is 19.3. The number of alkyl halides is 2. The molecule has 0 saturated heterocycles. The molecular weight excluding hydrogens is 472 g/mol. The molecule has 9 heteroatoms. The maximum atomic E-state index is 12.4. The van der Waals surface area contributed by atoms with Gasteiger partial charge in [-0.1, -0.05) is 24.3 Å². The molecule has 0 spiro atoms. The van der Waals surface area contributed by atoms with Crippen molar-refractivity contribution in [2.24, 2.45) is 0 Å². The Balaban J connectivity index is 1.64. The van der Waals surface area contributed by atoms with E-state index < -0.39 is 6.61 Å². The largest absolute Gasteiger partial charge is 0.495 e. The predicted octanol–water partition coefficient (Wildman–Crippen LogP) is 5.61. The number of anilines is 1. The molecule has 0 aromatic heterocycles. The molecule has 0 aliphatic carbocycles. The molecule has 7 nitrogen and oxygen atoms in total. The number of amides is 1. The molecule has 36 heavy (non-hydrogen) atoms. The van der Waals surface area contributed by atoms with Gasteiger partial charge in [0, 0.05) is 5.56 Å². The van der Waals surface area contributed by atoms with E-state index >= 15 is 0 Å². The molecule has 0 aliphatic heterocycles. The monoisotopic (exact) mass is 497 g/mol. The zero-order valence-corrected chi connectivity index (χ0v) is 19.7. The summed E-state index contributed by atoms with van der Waals surface area (Å²) < 4.78 is 45.3. The molecular formula is C27H25F2NO6. The van der Waals surface area contributed by atoms with Crippen LogP contribution in [0.1, 0.15) is 22.8 Å². The fraction of sp³-hybridized carbons (Fsp3) is 0.185. The topological polar surface area (TPSA) is 83.1 Å². The summed E-state index contributed by atoms with van der Waals surface area (Å²) in [5.74, 6) is 0.588. The molecule has 1 N–H and O–H groups in total. The number of nitrogens with one attached hydrogen (secondary N) is 1. The Bertz CT molecular complexity index is 1210. The number of methoxy groups -OCH3 is 1. The summed E-state index contributed by atoms with van der Waals surface area (Å²) in [7, 11) is 1.51. The lowest BCUT2D eigenvalue weighted by Gasteiger charge is -2.13. The van der Waals surface area contributed by atoms with E-state index in [2.05, 4.69) is 10.1 Å². The number of ether oxygens (including phenoxy) is 4. The predicted molar refractivity (Wildman–Crippen MR) is 131 cm³/mol. The number of benzene rings is 3. The molecule has 0 unspecified atom stereocenters. The Morgan fingerprint density at radius 2 is 1.69 bits per heavy atom. The number of hydrogen-bond acceptors (Lipinski definition) is 6. The highest BCUT2D eigenvalue weighted by Gasteiger charge is 2.11. The van der Waals surface area contributed by atoms with Crippen molar-refractivity contribution in [3.63, 3.8) is 0 Å². The molecule has 1 amide bonds. The molecule has 0 aliphatic rings. The zero-order valence-electron chi connectivity index (χ0n) is 19.7. The maximum Gasteiger partial charge on any atom is 0.387 e. The number of allylic oxidation sites excluding steroid dienone is 1. The summed E-state index contributed by atoms with van der Waals surface area (Å²) in [5, 5.41) is 2.73. The first kappa shape index (κ1) is 26.2. The fourth-order valence-corrected chi connectivity index (χ4v) is 3.16. The van der Waals surface area contributed by atoms with Gasteiger partial charge in [-0.2, -0.15) is 8.78 Å². The van der Waals surface area contributed by atoms with E-state index in [9.17, 15) is 18.4 Å². The summed E-state index contributed by atoms with van der Waals surface area (Å²) >= 11 is 0. The van der Waals surface area contributed by atoms with Crippen LogP contribution >= 0.6 is 0 Å². The second kappa shape index (κ2) is 12.9. The first-order chi connectivity index (χ1) is 17.4. The Kier molecular flexibility index (Phi) is 9.39. The van der Waals surface area contributed by atoms with Crippen LogP contribution in [-0.2, 0) is 4.79 Å². The van der Waals surface area contributed by atoms with Crippen molar-refractivity contribution < 1.29 is 37.3 Å². The molecule has 3 aromatic carbocycles. The number of carbonyl (C=O) groups excluding carboxylic acids is 2. The molecule has 3 aromatic rings. The number of halogens is 2. The quantitative estimate of drug-likeness (QED) is 0.259. The molecule has 0 saturated carbocycles.